The summed E-state index contributed by atoms with van der Waals surface area (Å²) in [7, 11) is -4.85. The summed E-state index contributed by atoms with van der Waals surface area (Å²) in [5.41, 5.74) is 0.467. The van der Waals surface area contributed by atoms with E-state index in [-0.39, 0.29) is 31.8 Å². The van der Waals surface area contributed by atoms with Gasteiger partial charge in [0.15, 0.2) is 0 Å². The molecule has 1 fully saturated rings. The van der Waals surface area contributed by atoms with Crippen LogP contribution in [0.2, 0.25) is 5.02 Å². The predicted octanol–water partition coefficient (Wildman–Crippen LogP) is 4.19. The van der Waals surface area contributed by atoms with Crippen molar-refractivity contribution in [2.24, 2.45) is 0 Å². The molecule has 13 heteroatoms. The Morgan fingerprint density at radius 2 is 1.53 bits per heavy atom. The van der Waals surface area contributed by atoms with E-state index in [1.165, 1.54) is 67.1 Å². The summed E-state index contributed by atoms with van der Waals surface area (Å²) in [6.07, 6.45) is 1.57. The van der Waals surface area contributed by atoms with Gasteiger partial charge in [0.05, 0.1) is 40.3 Å². The molecule has 1 amide bonds. The Balaban J connectivity index is 1.51. The van der Waals surface area contributed by atoms with Crippen molar-refractivity contribution < 1.29 is 31.1 Å². The minimum absolute atomic E-state index is 0.0181. The van der Waals surface area contributed by atoms with Crippen molar-refractivity contribution in [1.29, 1.82) is 0 Å². The largest absolute Gasteiger partial charge is 0.497 e. The number of amides is 1. The lowest BCUT2D eigenvalue weighted by Crippen LogP contribution is -2.28. The quantitative estimate of drug-likeness (QED) is 0.388. The van der Waals surface area contributed by atoms with Gasteiger partial charge in [-0.25, -0.2) is 16.8 Å². The Morgan fingerprint density at radius 3 is 2.16 bits per heavy atom. The molecule has 1 saturated heterocycles. The van der Waals surface area contributed by atoms with Crippen molar-refractivity contribution in [3.05, 3.63) is 71.2 Å². The Labute approximate surface area is 226 Å². The zero-order valence-electron chi connectivity index (χ0n) is 20.6. The van der Waals surface area contributed by atoms with Gasteiger partial charge >= 0.3 is 0 Å². The summed E-state index contributed by atoms with van der Waals surface area (Å²) in [6.45, 7) is 0.863. The van der Waals surface area contributed by atoms with E-state index in [9.17, 15) is 21.6 Å². The highest BCUT2D eigenvalue weighted by molar-refractivity contribution is 7.92. The fourth-order valence-electron chi connectivity index (χ4n) is 3.93. The maximum absolute atomic E-state index is 12.9. The molecule has 2 N–H and O–H groups in total. The van der Waals surface area contributed by atoms with Gasteiger partial charge in [0.25, 0.3) is 15.9 Å². The summed E-state index contributed by atoms with van der Waals surface area (Å²) in [4.78, 5) is 12.9. The maximum Gasteiger partial charge on any atom is 0.262 e. The molecule has 3 aromatic rings. The van der Waals surface area contributed by atoms with Crippen LogP contribution in [0.4, 0.5) is 11.4 Å². The molecule has 10 nitrogen and oxygen atoms in total. The summed E-state index contributed by atoms with van der Waals surface area (Å²) in [5.74, 6) is 0.116. The lowest BCUT2D eigenvalue weighted by atomic mass is 10.2. The minimum Gasteiger partial charge on any atom is -0.497 e. The van der Waals surface area contributed by atoms with Crippen molar-refractivity contribution in [2.45, 2.75) is 22.6 Å². The van der Waals surface area contributed by atoms with Crippen LogP contribution in [0.25, 0.3) is 0 Å². The van der Waals surface area contributed by atoms with E-state index in [2.05, 4.69) is 10.0 Å². The molecule has 0 aliphatic carbocycles. The van der Waals surface area contributed by atoms with Crippen molar-refractivity contribution in [3.63, 3.8) is 0 Å². The summed E-state index contributed by atoms with van der Waals surface area (Å²) in [5, 5.41) is 2.71. The first-order valence-electron chi connectivity index (χ1n) is 11.5. The number of nitrogens with one attached hydrogen (secondary N) is 2. The second-order valence-corrected chi connectivity index (χ2v) is 12.4. The van der Waals surface area contributed by atoms with Gasteiger partial charge in [0.1, 0.15) is 11.5 Å². The van der Waals surface area contributed by atoms with Crippen LogP contribution < -0.4 is 19.5 Å². The van der Waals surface area contributed by atoms with E-state index in [0.29, 0.717) is 24.6 Å². The number of nitrogens with zero attached hydrogens (tertiary/aromatic N) is 1. The third kappa shape index (κ3) is 5.88. The van der Waals surface area contributed by atoms with E-state index in [4.69, 9.17) is 21.1 Å². The molecule has 0 bridgehead atoms. The molecule has 3 aromatic carbocycles. The third-order valence-electron chi connectivity index (χ3n) is 5.96. The van der Waals surface area contributed by atoms with Crippen molar-refractivity contribution in [1.82, 2.24) is 4.31 Å². The fraction of sp³-hybridized carbons (Fsp3) is 0.240. The van der Waals surface area contributed by atoms with E-state index in [0.717, 1.165) is 12.8 Å². The Bertz CT molecular complexity index is 1550. The number of anilines is 2. The first kappa shape index (κ1) is 27.7. The zero-order valence-corrected chi connectivity index (χ0v) is 23.0. The van der Waals surface area contributed by atoms with Gasteiger partial charge in [-0.2, -0.15) is 4.31 Å². The number of methoxy groups -OCH3 is 2. The highest BCUT2D eigenvalue weighted by Gasteiger charge is 2.28. The molecule has 1 heterocycles. The number of sulfonamides is 2. The topological polar surface area (TPSA) is 131 Å². The minimum atomic E-state index is -4.00. The van der Waals surface area contributed by atoms with Gasteiger partial charge in [-0.05, 0) is 67.4 Å². The first-order valence-corrected chi connectivity index (χ1v) is 14.8. The second-order valence-electron chi connectivity index (χ2n) is 8.40. The number of halogens is 1. The van der Waals surface area contributed by atoms with Crippen LogP contribution >= 0.6 is 11.6 Å². The van der Waals surface area contributed by atoms with Crippen LogP contribution in [0.5, 0.6) is 11.5 Å². The lowest BCUT2D eigenvalue weighted by molar-refractivity contribution is 0.102. The molecule has 0 saturated carbocycles. The van der Waals surface area contributed by atoms with E-state index < -0.39 is 26.0 Å². The number of carbonyl (C=O) groups is 1. The standard InChI is InChI=1S/C25H26ClN3O7S2/c1-35-18-7-12-24(36-2)23(15-18)28-37(31,32)19-8-5-17(6-9-19)27-25(30)21-16-20(10-11-22(21)26)38(33,34)29-13-3-4-14-29/h5-12,15-16,28H,3-4,13-14H2,1-2H3,(H,27,30). The lowest BCUT2D eigenvalue weighted by Gasteiger charge is -2.16. The molecule has 0 spiro atoms. The molecule has 1 aliphatic heterocycles. The van der Waals surface area contributed by atoms with Gasteiger partial charge in [-0.3, -0.25) is 9.52 Å². The number of hydrogen-bond acceptors (Lipinski definition) is 7. The third-order valence-corrected chi connectivity index (χ3v) is 9.56. The van der Waals surface area contributed by atoms with Crippen LogP contribution in [0.1, 0.15) is 23.2 Å². The van der Waals surface area contributed by atoms with E-state index in [1.54, 1.807) is 12.1 Å². The number of hydrogen-bond donors (Lipinski definition) is 2. The highest BCUT2D eigenvalue weighted by atomic mass is 35.5. The van der Waals surface area contributed by atoms with Crippen molar-refractivity contribution in [2.75, 3.05) is 37.3 Å². The Hall–Kier alpha value is -3.32. The van der Waals surface area contributed by atoms with Crippen LogP contribution in [-0.2, 0) is 20.0 Å². The van der Waals surface area contributed by atoms with Gasteiger partial charge in [0, 0.05) is 24.8 Å². The average Bonchev–Trinajstić information content (AvgIpc) is 3.45. The van der Waals surface area contributed by atoms with Crippen LogP contribution in [0, 0.1) is 0 Å². The molecular weight excluding hydrogens is 554 g/mol. The van der Waals surface area contributed by atoms with Gasteiger partial charge < -0.3 is 14.8 Å². The second kappa shape index (κ2) is 11.2. The van der Waals surface area contributed by atoms with Gasteiger partial charge in [-0.1, -0.05) is 11.6 Å². The van der Waals surface area contributed by atoms with Gasteiger partial charge in [0.2, 0.25) is 10.0 Å². The monoisotopic (exact) mass is 579 g/mol. The molecule has 0 unspecified atom stereocenters. The van der Waals surface area contributed by atoms with Crippen LogP contribution in [-0.4, -0.2) is 54.4 Å². The molecule has 0 atom stereocenters. The molecular formula is C25H26ClN3O7S2. The average molecular weight is 580 g/mol. The van der Waals surface area contributed by atoms with Crippen LogP contribution in [0.15, 0.2) is 70.5 Å². The Morgan fingerprint density at radius 1 is 0.868 bits per heavy atom. The van der Waals surface area contributed by atoms with Gasteiger partial charge in [-0.15, -0.1) is 0 Å². The smallest absolute Gasteiger partial charge is 0.262 e. The first-order chi connectivity index (χ1) is 18.0. The molecule has 0 radical (unpaired) electrons. The number of ether oxygens (including phenoxy) is 2. The SMILES string of the molecule is COc1ccc(OC)c(NS(=O)(=O)c2ccc(NC(=O)c3cc(S(=O)(=O)N4CCCC4)ccc3Cl)cc2)c1. The highest BCUT2D eigenvalue weighted by Crippen LogP contribution is 2.31. The Kier molecular flexibility index (Phi) is 8.16. The zero-order chi connectivity index (χ0) is 27.5. The molecule has 38 heavy (non-hydrogen) atoms. The summed E-state index contributed by atoms with van der Waals surface area (Å²) in [6, 6.07) is 14.2. The molecule has 4 rings (SSSR count). The van der Waals surface area contributed by atoms with E-state index >= 15 is 0 Å². The summed E-state index contributed by atoms with van der Waals surface area (Å²) < 4.78 is 65.9. The number of rotatable bonds is 9. The molecule has 0 aromatic heterocycles. The molecule has 1 aliphatic rings. The predicted molar refractivity (Wildman–Crippen MR) is 144 cm³/mol. The summed E-state index contributed by atoms with van der Waals surface area (Å²) >= 11 is 6.20. The van der Waals surface area contributed by atoms with Crippen molar-refractivity contribution >= 4 is 48.9 Å². The molecule has 202 valence electrons. The number of carbonyl (C=O) groups excluding carboxylic acids is 1. The van der Waals surface area contributed by atoms with Crippen LogP contribution in [0.3, 0.4) is 0 Å². The number of benzene rings is 3. The maximum atomic E-state index is 12.9. The van der Waals surface area contributed by atoms with Crippen molar-refractivity contribution in [3.8, 4) is 11.5 Å². The fourth-order valence-corrected chi connectivity index (χ4v) is 6.74. The van der Waals surface area contributed by atoms with E-state index in [1.807, 2.05) is 0 Å². The normalized spacial score (nSPS) is 14.2.